The molecule has 1 aromatic carbocycles. The molecule has 1 N–H and O–H groups in total. The number of alkyl halides is 10. The van der Waals surface area contributed by atoms with E-state index in [0.717, 1.165) is 5.56 Å². The molecule has 0 saturated heterocycles. The molecule has 12 heteroatoms. The topological polar surface area (TPSA) is 29.5 Å². The lowest BCUT2D eigenvalue weighted by Gasteiger charge is -2.81. The zero-order valence-corrected chi connectivity index (χ0v) is 21.3. The molecule has 29 heavy (non-hydrogen) atoms. The minimum Gasteiger partial charge on any atom is -0.362 e. The zero-order valence-electron chi connectivity index (χ0n) is 13.7. The van der Waals surface area contributed by atoms with Crippen molar-refractivity contribution in [1.29, 1.82) is 0 Å². The summed E-state index contributed by atoms with van der Waals surface area (Å²) in [6.07, 6.45) is 0. The SMILES string of the molecule is OC1(OCc2ccccc2)C2(Cl)C3(Cl)C4(Cl)C(Cl)(Cl)C5(Cl)C3(Cl)C1(Cl)C5(Cl)C42Cl. The van der Waals surface area contributed by atoms with Crippen molar-refractivity contribution in [2.45, 2.75) is 55.7 Å². The quantitative estimate of drug-likeness (QED) is 0.344. The van der Waals surface area contributed by atoms with Gasteiger partial charge in [0.2, 0.25) is 5.79 Å². The maximum atomic E-state index is 11.8. The van der Waals surface area contributed by atoms with E-state index in [1.54, 1.807) is 24.3 Å². The minimum atomic E-state index is -2.41. The molecular weight excluding hydrogens is 591 g/mol. The fraction of sp³-hybridized carbons (Fsp3) is 0.647. The molecule has 6 aliphatic carbocycles. The van der Waals surface area contributed by atoms with Gasteiger partial charge in [-0.05, 0) is 5.56 Å². The van der Waals surface area contributed by atoms with Gasteiger partial charge in [0.05, 0.1) is 6.61 Å². The van der Waals surface area contributed by atoms with Gasteiger partial charge in [0.15, 0.2) is 4.33 Å². The fourth-order valence-corrected chi connectivity index (χ4v) is 15.6. The van der Waals surface area contributed by atoms with Crippen LogP contribution in [0, 0.1) is 0 Å². The summed E-state index contributed by atoms with van der Waals surface area (Å²) in [7, 11) is 0. The van der Waals surface area contributed by atoms with Crippen molar-refractivity contribution in [2.75, 3.05) is 0 Å². The smallest absolute Gasteiger partial charge is 0.212 e. The lowest BCUT2D eigenvalue weighted by Crippen LogP contribution is -3.03. The Morgan fingerprint density at radius 1 is 0.586 bits per heavy atom. The molecule has 7 rings (SSSR count). The first-order valence-corrected chi connectivity index (χ1v) is 12.2. The van der Waals surface area contributed by atoms with Gasteiger partial charge in [-0.2, -0.15) is 0 Å². The predicted molar refractivity (Wildman–Crippen MR) is 119 cm³/mol. The number of hydrogen-bond acceptors (Lipinski definition) is 2. The summed E-state index contributed by atoms with van der Waals surface area (Å²) in [4.78, 5) is -15.7. The van der Waals surface area contributed by atoms with Crippen molar-refractivity contribution in [2.24, 2.45) is 0 Å². The average Bonchev–Trinajstić information content (AvgIpc) is 2.90. The molecule has 4 unspecified atom stereocenters. The van der Waals surface area contributed by atoms with E-state index in [1.165, 1.54) is 0 Å². The Hall–Kier alpha value is 2.04. The number of rotatable bonds is 3. The van der Waals surface area contributed by atoms with Crippen LogP contribution in [0.25, 0.3) is 0 Å². The van der Waals surface area contributed by atoms with Crippen molar-refractivity contribution in [3.05, 3.63) is 35.9 Å². The number of benzene rings is 1. The molecule has 6 aliphatic rings. The van der Waals surface area contributed by atoms with Gasteiger partial charge in [-0.25, -0.2) is 0 Å². The summed E-state index contributed by atoms with van der Waals surface area (Å²) in [5.74, 6) is -2.41. The first-order valence-electron chi connectivity index (χ1n) is 8.37. The van der Waals surface area contributed by atoms with E-state index < -0.39 is 49.1 Å². The van der Waals surface area contributed by atoms with Gasteiger partial charge >= 0.3 is 0 Å². The Labute approximate surface area is 215 Å². The molecule has 0 heterocycles. The summed E-state index contributed by atoms with van der Waals surface area (Å²) in [5.41, 5.74) is 0.727. The first-order chi connectivity index (χ1) is 13.1. The Balaban J connectivity index is 1.61. The van der Waals surface area contributed by atoms with Crippen molar-refractivity contribution < 1.29 is 9.84 Å². The van der Waals surface area contributed by atoms with Gasteiger partial charge in [-0.3, -0.25) is 0 Å². The minimum absolute atomic E-state index is 0.0857. The highest BCUT2D eigenvalue weighted by Gasteiger charge is 3.33. The van der Waals surface area contributed by atoms with Crippen molar-refractivity contribution in [1.82, 2.24) is 0 Å². The van der Waals surface area contributed by atoms with Crippen LogP contribution in [0.15, 0.2) is 30.3 Å². The molecule has 0 spiro atoms. The van der Waals surface area contributed by atoms with E-state index in [2.05, 4.69) is 0 Å². The Bertz CT molecular complexity index is 931. The zero-order chi connectivity index (χ0) is 21.5. The monoisotopic (exact) mass is 594 g/mol. The molecular formula is C17H8Cl10O2. The third-order valence-corrected chi connectivity index (χ3v) is 17.1. The Kier molecular flexibility index (Phi) is 3.63. The number of hydrogen-bond donors (Lipinski definition) is 1. The molecule has 2 nitrogen and oxygen atoms in total. The van der Waals surface area contributed by atoms with E-state index in [-0.39, 0.29) is 6.61 Å². The number of aliphatic hydroxyl groups is 1. The molecule has 1 aromatic rings. The van der Waals surface area contributed by atoms with E-state index in [0.29, 0.717) is 0 Å². The normalized spacial score (nSPS) is 66.9. The number of ether oxygens (including phenoxy) is 1. The lowest BCUT2D eigenvalue weighted by atomic mass is 9.41. The van der Waals surface area contributed by atoms with Gasteiger partial charge < -0.3 is 9.84 Å². The molecule has 4 atom stereocenters. The van der Waals surface area contributed by atoms with Crippen LogP contribution in [0.4, 0.5) is 0 Å². The van der Waals surface area contributed by atoms with Crippen LogP contribution < -0.4 is 0 Å². The molecule has 6 fully saturated rings. The molecule has 158 valence electrons. The van der Waals surface area contributed by atoms with Gasteiger partial charge in [0.1, 0.15) is 39.0 Å². The molecule has 0 aliphatic heterocycles. The van der Waals surface area contributed by atoms with Crippen LogP contribution in [-0.4, -0.2) is 54.2 Å². The Morgan fingerprint density at radius 2 is 0.966 bits per heavy atom. The van der Waals surface area contributed by atoms with Crippen LogP contribution in [-0.2, 0) is 11.3 Å². The molecule has 6 saturated carbocycles. The highest BCUT2D eigenvalue weighted by molar-refractivity contribution is 6.78. The molecule has 0 radical (unpaired) electrons. The van der Waals surface area contributed by atoms with E-state index >= 15 is 0 Å². The largest absolute Gasteiger partial charge is 0.362 e. The van der Waals surface area contributed by atoms with E-state index in [4.69, 9.17) is 121 Å². The lowest BCUT2D eigenvalue weighted by molar-refractivity contribution is -0.243. The second-order valence-electron chi connectivity index (χ2n) is 8.26. The van der Waals surface area contributed by atoms with Crippen LogP contribution >= 0.6 is 116 Å². The standard InChI is InChI=1S/C17H8Cl10O2/c18-8-9(19)13(23)11(21)10(20,12(8,22)16(13,26)27)14(8,24)17(28,15(9,11)25)29-6-7-4-2-1-3-5-7/h1-5,28H,6H2. The predicted octanol–water partition coefficient (Wildman–Crippen LogP) is 5.95. The van der Waals surface area contributed by atoms with Crippen molar-refractivity contribution >= 4 is 116 Å². The van der Waals surface area contributed by atoms with E-state index in [9.17, 15) is 5.11 Å². The Morgan fingerprint density at radius 3 is 1.34 bits per heavy atom. The number of halogens is 10. The van der Waals surface area contributed by atoms with Crippen LogP contribution in [0.2, 0.25) is 0 Å². The van der Waals surface area contributed by atoms with Crippen molar-refractivity contribution in [3.8, 4) is 0 Å². The maximum absolute atomic E-state index is 11.8. The third kappa shape index (κ3) is 1.17. The van der Waals surface area contributed by atoms with Gasteiger partial charge in [-0.1, -0.05) is 53.5 Å². The summed E-state index contributed by atoms with van der Waals surface area (Å²) in [5, 5.41) is 11.8. The van der Waals surface area contributed by atoms with Crippen LogP contribution in [0.5, 0.6) is 0 Å². The van der Waals surface area contributed by atoms with Crippen molar-refractivity contribution in [3.63, 3.8) is 0 Å². The molecule has 4 bridgehead atoms. The summed E-state index contributed by atoms with van der Waals surface area (Å²) < 4.78 is 3.90. The molecule has 0 amide bonds. The van der Waals surface area contributed by atoms with E-state index in [1.807, 2.05) is 6.07 Å². The highest BCUT2D eigenvalue weighted by atomic mass is 35.5. The average molecular weight is 599 g/mol. The second-order valence-corrected chi connectivity index (χ2v) is 14.1. The van der Waals surface area contributed by atoms with Gasteiger partial charge in [-0.15, -0.1) is 92.8 Å². The third-order valence-electron chi connectivity index (χ3n) is 7.84. The van der Waals surface area contributed by atoms with Crippen LogP contribution in [0.3, 0.4) is 0 Å². The summed E-state index contributed by atoms with van der Waals surface area (Å²) >= 11 is 69.0. The van der Waals surface area contributed by atoms with Crippen LogP contribution in [0.1, 0.15) is 5.56 Å². The maximum Gasteiger partial charge on any atom is 0.212 e. The fourth-order valence-electron chi connectivity index (χ4n) is 6.91. The van der Waals surface area contributed by atoms with Gasteiger partial charge in [0.25, 0.3) is 0 Å². The molecule has 0 aromatic heterocycles. The summed E-state index contributed by atoms with van der Waals surface area (Å²) in [6, 6.07) is 9.01. The highest BCUT2D eigenvalue weighted by Crippen LogP contribution is 3.12. The first kappa shape index (κ1) is 21.6. The second kappa shape index (κ2) is 4.88. The summed E-state index contributed by atoms with van der Waals surface area (Å²) in [6.45, 7) is -0.0857. The van der Waals surface area contributed by atoms with Gasteiger partial charge in [0, 0.05) is 0 Å².